The number of carbonyl (C=O) groups is 2. The molecule has 5 aromatic rings. The van der Waals surface area contributed by atoms with Crippen molar-refractivity contribution in [3.63, 3.8) is 0 Å². The van der Waals surface area contributed by atoms with Crippen LogP contribution in [-0.2, 0) is 12.3 Å². The number of aryl methyl sites for hydroxylation is 3. The number of rotatable bonds is 8. The number of hydrogen-bond acceptors (Lipinski definition) is 5. The van der Waals surface area contributed by atoms with E-state index < -0.39 is 0 Å². The quantitative estimate of drug-likeness (QED) is 0.194. The number of anilines is 1. The van der Waals surface area contributed by atoms with E-state index in [0.29, 0.717) is 23.4 Å². The van der Waals surface area contributed by atoms with Crippen LogP contribution in [0.2, 0.25) is 0 Å². The molecule has 0 aliphatic carbocycles. The molecule has 4 aromatic carbocycles. The van der Waals surface area contributed by atoms with E-state index in [1.165, 1.54) is 22.3 Å². The van der Waals surface area contributed by atoms with Gasteiger partial charge in [0.25, 0.3) is 11.8 Å². The van der Waals surface area contributed by atoms with Crippen molar-refractivity contribution in [2.24, 2.45) is 0 Å². The molecule has 0 saturated carbocycles. The molecule has 196 valence electrons. The van der Waals surface area contributed by atoms with Crippen LogP contribution >= 0.6 is 23.1 Å². The fourth-order valence-corrected chi connectivity index (χ4v) is 6.87. The normalized spacial score (nSPS) is 10.9. The maximum absolute atomic E-state index is 13.2. The molecule has 1 aromatic heterocycles. The van der Waals surface area contributed by atoms with Crippen LogP contribution in [0.4, 0.5) is 5.69 Å². The van der Waals surface area contributed by atoms with Crippen molar-refractivity contribution in [1.29, 1.82) is 0 Å². The number of nitrogens with zero attached hydrogens (tertiary/aromatic N) is 1. The second-order valence-electron chi connectivity index (χ2n) is 9.50. The molecular formula is C32H29N3O2S2. The lowest BCUT2D eigenvalue weighted by Crippen LogP contribution is -2.26. The summed E-state index contributed by atoms with van der Waals surface area (Å²) in [5.74, 6) is 0.247. The number of thiazole rings is 1. The van der Waals surface area contributed by atoms with E-state index >= 15 is 0 Å². The molecule has 0 radical (unpaired) electrons. The number of amides is 2. The third-order valence-electron chi connectivity index (χ3n) is 6.52. The second-order valence-corrected chi connectivity index (χ2v) is 11.7. The molecule has 0 bridgehead atoms. The number of carbonyl (C=O) groups excluding carboxylic acids is 2. The van der Waals surface area contributed by atoms with Gasteiger partial charge in [0.15, 0.2) is 4.34 Å². The summed E-state index contributed by atoms with van der Waals surface area (Å²) in [5.41, 5.74) is 8.47. The molecule has 5 rings (SSSR count). The van der Waals surface area contributed by atoms with Gasteiger partial charge in [0.1, 0.15) is 0 Å². The van der Waals surface area contributed by atoms with Gasteiger partial charge in [-0.1, -0.05) is 71.9 Å². The van der Waals surface area contributed by atoms with E-state index in [1.807, 2.05) is 48.5 Å². The van der Waals surface area contributed by atoms with E-state index in [4.69, 9.17) is 4.98 Å². The molecule has 0 aliphatic heterocycles. The minimum absolute atomic E-state index is 0.289. The number of nitrogens with one attached hydrogen (secondary N) is 2. The first-order chi connectivity index (χ1) is 18.9. The lowest BCUT2D eigenvalue weighted by molar-refractivity contribution is 0.0938. The summed E-state index contributed by atoms with van der Waals surface area (Å²) in [5, 5.41) is 5.87. The molecule has 0 fully saturated rings. The fraction of sp³-hybridized carbons (Fsp3) is 0.156. The first-order valence-corrected chi connectivity index (χ1v) is 14.5. The van der Waals surface area contributed by atoms with Crippen LogP contribution in [0.15, 0.2) is 89.3 Å². The SMILES string of the molecule is Cc1cc(C)c(CSc2nc3ccc(NC(=O)c4ccccc4C(=O)NCc4ccccc4)cc3s2)c(C)c1. The van der Waals surface area contributed by atoms with Crippen LogP contribution in [0.25, 0.3) is 10.2 Å². The predicted molar refractivity (Wildman–Crippen MR) is 162 cm³/mol. The van der Waals surface area contributed by atoms with E-state index in [1.54, 1.807) is 47.4 Å². The Labute approximate surface area is 236 Å². The van der Waals surface area contributed by atoms with Crippen molar-refractivity contribution >= 4 is 50.8 Å². The van der Waals surface area contributed by atoms with E-state index in [2.05, 4.69) is 43.5 Å². The van der Waals surface area contributed by atoms with Gasteiger partial charge >= 0.3 is 0 Å². The maximum Gasteiger partial charge on any atom is 0.256 e. The van der Waals surface area contributed by atoms with Gasteiger partial charge in [-0.2, -0.15) is 0 Å². The van der Waals surface area contributed by atoms with Crippen LogP contribution in [-0.4, -0.2) is 16.8 Å². The van der Waals surface area contributed by atoms with Gasteiger partial charge in [-0.15, -0.1) is 11.3 Å². The number of fused-ring (bicyclic) bond motifs is 1. The smallest absolute Gasteiger partial charge is 0.256 e. The number of thioether (sulfide) groups is 1. The molecule has 0 saturated heterocycles. The third kappa shape index (κ3) is 6.38. The lowest BCUT2D eigenvalue weighted by Gasteiger charge is -2.11. The largest absolute Gasteiger partial charge is 0.348 e. The average molecular weight is 552 g/mol. The van der Waals surface area contributed by atoms with Crippen molar-refractivity contribution in [3.8, 4) is 0 Å². The highest BCUT2D eigenvalue weighted by Crippen LogP contribution is 2.34. The van der Waals surface area contributed by atoms with Gasteiger partial charge in [0.05, 0.1) is 21.3 Å². The Morgan fingerprint density at radius 3 is 2.21 bits per heavy atom. The highest BCUT2D eigenvalue weighted by Gasteiger charge is 2.17. The Hall–Kier alpha value is -3.94. The highest BCUT2D eigenvalue weighted by atomic mass is 32.2. The molecule has 39 heavy (non-hydrogen) atoms. The van der Waals surface area contributed by atoms with E-state index in [9.17, 15) is 9.59 Å². The molecule has 5 nitrogen and oxygen atoms in total. The van der Waals surface area contributed by atoms with Crippen molar-refractivity contribution in [3.05, 3.63) is 124 Å². The monoisotopic (exact) mass is 551 g/mol. The first kappa shape index (κ1) is 26.7. The maximum atomic E-state index is 13.2. The zero-order chi connectivity index (χ0) is 27.4. The number of hydrogen-bond donors (Lipinski definition) is 2. The topological polar surface area (TPSA) is 71.1 Å². The Balaban J connectivity index is 1.27. The summed E-state index contributed by atoms with van der Waals surface area (Å²) in [4.78, 5) is 30.9. The molecule has 1 heterocycles. The van der Waals surface area contributed by atoms with Crippen LogP contribution in [0.1, 0.15) is 48.5 Å². The Bertz CT molecular complexity index is 1640. The Kier molecular flexibility index (Phi) is 8.10. The fourth-order valence-electron chi connectivity index (χ4n) is 4.57. The summed E-state index contributed by atoms with van der Waals surface area (Å²) in [6.45, 7) is 6.84. The minimum Gasteiger partial charge on any atom is -0.348 e. The summed E-state index contributed by atoms with van der Waals surface area (Å²) in [6, 6.07) is 26.7. The zero-order valence-corrected chi connectivity index (χ0v) is 23.7. The molecule has 2 amide bonds. The molecular weight excluding hydrogens is 523 g/mol. The third-order valence-corrected chi connectivity index (χ3v) is 8.71. The number of aromatic nitrogens is 1. The van der Waals surface area contributed by atoms with E-state index in [0.717, 1.165) is 25.9 Å². The van der Waals surface area contributed by atoms with Crippen LogP contribution in [0.3, 0.4) is 0 Å². The van der Waals surface area contributed by atoms with Crippen LogP contribution in [0, 0.1) is 20.8 Å². The zero-order valence-electron chi connectivity index (χ0n) is 22.1. The minimum atomic E-state index is -0.329. The van der Waals surface area contributed by atoms with Crippen LogP contribution in [0.5, 0.6) is 0 Å². The van der Waals surface area contributed by atoms with Crippen molar-refractivity contribution in [2.45, 2.75) is 37.4 Å². The van der Waals surface area contributed by atoms with Crippen molar-refractivity contribution in [2.75, 3.05) is 5.32 Å². The second kappa shape index (κ2) is 11.8. The number of benzene rings is 4. The van der Waals surface area contributed by atoms with Gasteiger partial charge in [0, 0.05) is 18.0 Å². The highest BCUT2D eigenvalue weighted by molar-refractivity contribution is 8.00. The molecule has 0 spiro atoms. The summed E-state index contributed by atoms with van der Waals surface area (Å²) >= 11 is 3.35. The lowest BCUT2D eigenvalue weighted by atomic mass is 10.0. The molecule has 0 unspecified atom stereocenters. The average Bonchev–Trinajstić information content (AvgIpc) is 3.34. The van der Waals surface area contributed by atoms with Gasteiger partial charge in [-0.3, -0.25) is 9.59 Å². The molecule has 0 aliphatic rings. The van der Waals surface area contributed by atoms with Crippen molar-refractivity contribution < 1.29 is 9.59 Å². The van der Waals surface area contributed by atoms with Crippen LogP contribution < -0.4 is 10.6 Å². The first-order valence-electron chi connectivity index (χ1n) is 12.7. The van der Waals surface area contributed by atoms with Crippen molar-refractivity contribution in [1.82, 2.24) is 10.3 Å². The van der Waals surface area contributed by atoms with Gasteiger partial charge in [-0.25, -0.2) is 4.98 Å². The standard InChI is InChI=1S/C32H29N3O2S2/c1-20-15-21(2)27(22(3)16-20)19-38-32-35-28-14-13-24(17-29(28)39-32)34-31(37)26-12-8-7-11-25(26)30(36)33-18-23-9-5-4-6-10-23/h4-17H,18-19H2,1-3H3,(H,33,36)(H,34,37). The molecule has 0 atom stereocenters. The van der Waals surface area contributed by atoms with Gasteiger partial charge < -0.3 is 10.6 Å². The molecule has 2 N–H and O–H groups in total. The summed E-state index contributed by atoms with van der Waals surface area (Å²) in [6.07, 6.45) is 0. The van der Waals surface area contributed by atoms with Gasteiger partial charge in [0.2, 0.25) is 0 Å². The Morgan fingerprint density at radius 2 is 1.49 bits per heavy atom. The van der Waals surface area contributed by atoms with E-state index in [-0.39, 0.29) is 11.8 Å². The summed E-state index contributed by atoms with van der Waals surface area (Å²) < 4.78 is 2.00. The van der Waals surface area contributed by atoms with Gasteiger partial charge in [-0.05, 0) is 73.4 Å². The molecule has 7 heteroatoms. The summed E-state index contributed by atoms with van der Waals surface area (Å²) in [7, 11) is 0. The Morgan fingerprint density at radius 1 is 0.821 bits per heavy atom. The predicted octanol–water partition coefficient (Wildman–Crippen LogP) is 7.70.